The van der Waals surface area contributed by atoms with Gasteiger partial charge in [0.2, 0.25) is 0 Å². The summed E-state index contributed by atoms with van der Waals surface area (Å²) in [5.74, 6) is -0.356. The number of nitrogens with zero attached hydrogens (tertiary/aromatic N) is 2. The van der Waals surface area contributed by atoms with Crippen LogP contribution in [-0.4, -0.2) is 26.3 Å². The first-order valence-electron chi connectivity index (χ1n) is 4.58. The van der Waals surface area contributed by atoms with E-state index < -0.39 is 0 Å². The van der Waals surface area contributed by atoms with Gasteiger partial charge in [-0.05, 0) is 12.1 Å². The number of hydrogen-bond donors (Lipinski definition) is 3. The van der Waals surface area contributed by atoms with Crippen molar-refractivity contribution in [1.29, 1.82) is 0 Å². The summed E-state index contributed by atoms with van der Waals surface area (Å²) in [5, 5.41) is 14.9. The average Bonchev–Trinajstić information content (AvgIpc) is 2.80. The predicted molar refractivity (Wildman–Crippen MR) is 54.6 cm³/mol. The Morgan fingerprint density at radius 2 is 2.19 bits per heavy atom. The second-order valence-corrected chi connectivity index (χ2v) is 3.07. The van der Waals surface area contributed by atoms with Crippen molar-refractivity contribution in [1.82, 2.24) is 25.7 Å². The maximum atomic E-state index is 11.5. The Morgan fingerprint density at radius 1 is 1.31 bits per heavy atom. The highest BCUT2D eigenvalue weighted by Gasteiger charge is 2.06. The van der Waals surface area contributed by atoms with Crippen molar-refractivity contribution >= 4 is 5.91 Å². The number of rotatable bonds is 3. The molecule has 0 aliphatic rings. The van der Waals surface area contributed by atoms with Gasteiger partial charge >= 0.3 is 0 Å². The molecule has 0 aliphatic carbocycles. The van der Waals surface area contributed by atoms with Gasteiger partial charge in [-0.25, -0.2) is 5.10 Å². The van der Waals surface area contributed by atoms with E-state index in [0.29, 0.717) is 6.54 Å². The standard InChI is InChI=1S/C9H9N5O2/c15-8-2-1-7(13-14-8)9(16)10-5-6-3-4-11-12-6/h1-4H,5H2,(H,10,16)(H,11,12)(H,14,15). The predicted octanol–water partition coefficient (Wildman–Crippen LogP) is -0.577. The molecule has 1 amide bonds. The normalized spacial score (nSPS) is 10.0. The molecule has 2 aromatic rings. The highest BCUT2D eigenvalue weighted by molar-refractivity contribution is 5.91. The topological polar surface area (TPSA) is 104 Å². The Balaban J connectivity index is 1.98. The van der Waals surface area contributed by atoms with Crippen LogP contribution < -0.4 is 10.9 Å². The summed E-state index contributed by atoms with van der Waals surface area (Å²) >= 11 is 0. The fourth-order valence-corrected chi connectivity index (χ4v) is 1.12. The highest BCUT2D eigenvalue weighted by atomic mass is 16.2. The SMILES string of the molecule is O=C(NCc1ccn[nH]1)c1ccc(=O)[nH]n1. The van der Waals surface area contributed by atoms with E-state index in [2.05, 4.69) is 25.7 Å². The average molecular weight is 219 g/mol. The number of nitrogens with one attached hydrogen (secondary N) is 3. The second-order valence-electron chi connectivity index (χ2n) is 3.07. The van der Waals surface area contributed by atoms with Gasteiger partial charge in [-0.15, -0.1) is 0 Å². The van der Waals surface area contributed by atoms with Crippen LogP contribution in [0.2, 0.25) is 0 Å². The van der Waals surface area contributed by atoms with E-state index in [4.69, 9.17) is 0 Å². The number of amides is 1. The molecule has 0 atom stereocenters. The Morgan fingerprint density at radius 3 is 2.81 bits per heavy atom. The zero-order valence-electron chi connectivity index (χ0n) is 8.23. The number of aromatic amines is 2. The fraction of sp³-hybridized carbons (Fsp3) is 0.111. The molecule has 0 saturated carbocycles. The third kappa shape index (κ3) is 2.32. The molecule has 0 bridgehead atoms. The lowest BCUT2D eigenvalue weighted by Crippen LogP contribution is -2.25. The number of carbonyl (C=O) groups is 1. The first kappa shape index (κ1) is 10.1. The molecule has 0 fully saturated rings. The van der Waals surface area contributed by atoms with Crippen LogP contribution in [0, 0.1) is 0 Å². The molecule has 0 aliphatic heterocycles. The van der Waals surface area contributed by atoms with E-state index in [0.717, 1.165) is 5.69 Å². The Labute approximate surface area is 89.9 Å². The number of hydrogen-bond acceptors (Lipinski definition) is 4. The van der Waals surface area contributed by atoms with Crippen molar-refractivity contribution in [2.75, 3.05) is 0 Å². The second kappa shape index (κ2) is 4.39. The molecule has 2 rings (SSSR count). The third-order valence-electron chi connectivity index (χ3n) is 1.91. The van der Waals surface area contributed by atoms with E-state index in [1.54, 1.807) is 12.3 Å². The summed E-state index contributed by atoms with van der Waals surface area (Å²) in [4.78, 5) is 22.2. The van der Waals surface area contributed by atoms with Crippen LogP contribution in [0.5, 0.6) is 0 Å². The van der Waals surface area contributed by atoms with Gasteiger partial charge in [0.05, 0.1) is 12.2 Å². The van der Waals surface area contributed by atoms with E-state index in [1.807, 2.05) is 0 Å². The summed E-state index contributed by atoms with van der Waals surface area (Å²) in [5.41, 5.74) is 0.613. The van der Waals surface area contributed by atoms with Gasteiger partial charge in [-0.1, -0.05) is 0 Å². The first-order chi connectivity index (χ1) is 7.75. The molecule has 0 saturated heterocycles. The Hall–Kier alpha value is -2.44. The van der Waals surface area contributed by atoms with E-state index >= 15 is 0 Å². The highest BCUT2D eigenvalue weighted by Crippen LogP contribution is 1.93. The van der Waals surface area contributed by atoms with Crippen molar-refractivity contribution in [3.63, 3.8) is 0 Å². The molecule has 82 valence electrons. The van der Waals surface area contributed by atoms with Crippen molar-refractivity contribution in [3.8, 4) is 0 Å². The summed E-state index contributed by atoms with van der Waals surface area (Å²) in [6, 6.07) is 4.36. The van der Waals surface area contributed by atoms with Crippen LogP contribution >= 0.6 is 0 Å². The largest absolute Gasteiger partial charge is 0.345 e. The zero-order chi connectivity index (χ0) is 11.4. The molecular weight excluding hydrogens is 210 g/mol. The third-order valence-corrected chi connectivity index (χ3v) is 1.91. The lowest BCUT2D eigenvalue weighted by atomic mass is 10.3. The minimum absolute atomic E-state index is 0.166. The van der Waals surface area contributed by atoms with Gasteiger partial charge in [0.25, 0.3) is 11.5 Å². The number of aromatic nitrogens is 4. The van der Waals surface area contributed by atoms with Crippen molar-refractivity contribution < 1.29 is 4.79 Å². The van der Waals surface area contributed by atoms with Gasteiger partial charge in [-0.2, -0.15) is 10.2 Å². The van der Waals surface area contributed by atoms with Crippen LogP contribution in [0.1, 0.15) is 16.2 Å². The van der Waals surface area contributed by atoms with Gasteiger partial charge in [-0.3, -0.25) is 14.7 Å². The summed E-state index contributed by atoms with van der Waals surface area (Å²) in [6.07, 6.45) is 1.60. The van der Waals surface area contributed by atoms with Gasteiger partial charge in [0.1, 0.15) is 5.69 Å². The molecule has 7 nitrogen and oxygen atoms in total. The van der Waals surface area contributed by atoms with Crippen molar-refractivity contribution in [3.05, 3.63) is 46.1 Å². The van der Waals surface area contributed by atoms with Gasteiger partial charge < -0.3 is 5.32 Å². The summed E-state index contributed by atoms with van der Waals surface area (Å²) < 4.78 is 0. The molecule has 16 heavy (non-hydrogen) atoms. The first-order valence-corrected chi connectivity index (χ1v) is 4.58. The molecule has 0 radical (unpaired) electrons. The molecule has 2 heterocycles. The fourth-order valence-electron chi connectivity index (χ4n) is 1.12. The van der Waals surface area contributed by atoms with Gasteiger partial charge in [0.15, 0.2) is 0 Å². The van der Waals surface area contributed by atoms with Crippen LogP contribution in [0.15, 0.2) is 29.2 Å². The van der Waals surface area contributed by atoms with Crippen LogP contribution in [-0.2, 0) is 6.54 Å². The van der Waals surface area contributed by atoms with Crippen LogP contribution in [0.25, 0.3) is 0 Å². The van der Waals surface area contributed by atoms with E-state index in [-0.39, 0.29) is 17.2 Å². The quantitative estimate of drug-likeness (QED) is 0.642. The Kier molecular flexibility index (Phi) is 2.77. The summed E-state index contributed by atoms with van der Waals surface area (Å²) in [6.45, 7) is 0.333. The van der Waals surface area contributed by atoms with Crippen molar-refractivity contribution in [2.45, 2.75) is 6.54 Å². The molecule has 0 unspecified atom stereocenters. The minimum atomic E-state index is -0.356. The lowest BCUT2D eigenvalue weighted by Gasteiger charge is -2.01. The maximum Gasteiger partial charge on any atom is 0.272 e. The summed E-state index contributed by atoms with van der Waals surface area (Å²) in [7, 11) is 0. The molecular formula is C9H9N5O2. The maximum absolute atomic E-state index is 11.5. The van der Waals surface area contributed by atoms with E-state index in [1.165, 1.54) is 12.1 Å². The minimum Gasteiger partial charge on any atom is -0.345 e. The number of carbonyl (C=O) groups excluding carboxylic acids is 1. The van der Waals surface area contributed by atoms with Gasteiger partial charge in [0, 0.05) is 12.3 Å². The molecule has 0 aromatic carbocycles. The zero-order valence-corrected chi connectivity index (χ0v) is 8.23. The van der Waals surface area contributed by atoms with Crippen LogP contribution in [0.4, 0.5) is 0 Å². The van der Waals surface area contributed by atoms with E-state index in [9.17, 15) is 9.59 Å². The monoisotopic (exact) mass is 219 g/mol. The van der Waals surface area contributed by atoms with Crippen LogP contribution in [0.3, 0.4) is 0 Å². The van der Waals surface area contributed by atoms with Crippen molar-refractivity contribution in [2.24, 2.45) is 0 Å². The molecule has 2 aromatic heterocycles. The molecule has 3 N–H and O–H groups in total. The number of H-pyrrole nitrogens is 2. The lowest BCUT2D eigenvalue weighted by molar-refractivity contribution is 0.0944. The molecule has 7 heteroatoms. The smallest absolute Gasteiger partial charge is 0.272 e. The molecule has 0 spiro atoms. The Bertz CT molecular complexity index is 511.